The molecule has 0 saturated carbocycles. The van der Waals surface area contributed by atoms with Crippen molar-refractivity contribution in [3.63, 3.8) is 0 Å². The number of thioether (sulfide) groups is 1. The Hall–Kier alpha value is -0.740. The van der Waals surface area contributed by atoms with Gasteiger partial charge in [0.05, 0.1) is 7.11 Å². The second kappa shape index (κ2) is 5.55. The topological polar surface area (TPSA) is 34.1 Å². The van der Waals surface area contributed by atoms with Crippen molar-refractivity contribution in [3.8, 4) is 5.88 Å². The van der Waals surface area contributed by atoms with Crippen LogP contribution >= 0.6 is 11.8 Å². The molecular formula is C12H18N2OS. The maximum Gasteiger partial charge on any atom is 0.213 e. The number of methoxy groups -OCH3 is 1. The fourth-order valence-corrected chi connectivity index (χ4v) is 3.08. The summed E-state index contributed by atoms with van der Waals surface area (Å²) in [6.07, 6.45) is 3.06. The molecule has 2 atom stereocenters. The molecule has 2 heterocycles. The molecule has 4 heteroatoms. The number of rotatable bonds is 4. The minimum atomic E-state index is 0.652. The average molecular weight is 238 g/mol. The van der Waals surface area contributed by atoms with E-state index in [1.165, 1.54) is 17.7 Å². The van der Waals surface area contributed by atoms with E-state index >= 15 is 0 Å². The fraction of sp³-hybridized carbons (Fsp3) is 0.583. The first kappa shape index (κ1) is 11.7. The molecular weight excluding hydrogens is 220 g/mol. The van der Waals surface area contributed by atoms with Crippen LogP contribution in [-0.4, -0.2) is 29.1 Å². The zero-order chi connectivity index (χ0) is 11.4. The van der Waals surface area contributed by atoms with Gasteiger partial charge in [-0.3, -0.25) is 0 Å². The lowest BCUT2D eigenvalue weighted by molar-refractivity contribution is 0.397. The van der Waals surface area contributed by atoms with Gasteiger partial charge in [0.2, 0.25) is 5.88 Å². The van der Waals surface area contributed by atoms with Crippen molar-refractivity contribution < 1.29 is 4.74 Å². The summed E-state index contributed by atoms with van der Waals surface area (Å²) < 4.78 is 5.10. The molecule has 1 saturated heterocycles. The smallest absolute Gasteiger partial charge is 0.213 e. The van der Waals surface area contributed by atoms with Gasteiger partial charge in [-0.1, -0.05) is 6.92 Å². The quantitative estimate of drug-likeness (QED) is 0.871. The van der Waals surface area contributed by atoms with Crippen LogP contribution < -0.4 is 10.1 Å². The number of nitrogens with one attached hydrogen (secondary N) is 1. The van der Waals surface area contributed by atoms with Crippen LogP contribution in [0.4, 0.5) is 0 Å². The van der Waals surface area contributed by atoms with Crippen LogP contribution in [0.1, 0.15) is 18.9 Å². The lowest BCUT2D eigenvalue weighted by Gasteiger charge is -2.11. The molecule has 16 heavy (non-hydrogen) atoms. The molecule has 1 N–H and O–H groups in total. The molecule has 2 unspecified atom stereocenters. The van der Waals surface area contributed by atoms with Gasteiger partial charge in [0.15, 0.2) is 0 Å². The highest BCUT2D eigenvalue weighted by Crippen LogP contribution is 2.26. The van der Waals surface area contributed by atoms with E-state index in [4.69, 9.17) is 4.74 Å². The van der Waals surface area contributed by atoms with Gasteiger partial charge in [-0.2, -0.15) is 11.8 Å². The van der Waals surface area contributed by atoms with Gasteiger partial charge in [-0.25, -0.2) is 4.98 Å². The van der Waals surface area contributed by atoms with E-state index in [2.05, 4.69) is 17.2 Å². The molecule has 1 aliphatic rings. The Morgan fingerprint density at radius 1 is 1.62 bits per heavy atom. The summed E-state index contributed by atoms with van der Waals surface area (Å²) in [5.41, 5.74) is 1.23. The van der Waals surface area contributed by atoms with Crippen LogP contribution in [-0.2, 0) is 6.54 Å². The van der Waals surface area contributed by atoms with Gasteiger partial charge in [0, 0.05) is 35.9 Å². The Morgan fingerprint density at radius 3 is 3.19 bits per heavy atom. The number of pyridine rings is 1. The molecule has 2 rings (SSSR count). The summed E-state index contributed by atoms with van der Waals surface area (Å²) in [4.78, 5) is 4.10. The van der Waals surface area contributed by atoms with E-state index in [9.17, 15) is 0 Å². The van der Waals surface area contributed by atoms with Crippen molar-refractivity contribution in [2.75, 3.05) is 12.9 Å². The highest BCUT2D eigenvalue weighted by molar-refractivity contribution is 8.00. The van der Waals surface area contributed by atoms with Gasteiger partial charge in [-0.15, -0.1) is 0 Å². The fourth-order valence-electron chi connectivity index (χ4n) is 1.89. The summed E-state index contributed by atoms with van der Waals surface area (Å²) in [6, 6.07) is 4.67. The molecule has 0 amide bonds. The Kier molecular flexibility index (Phi) is 4.07. The van der Waals surface area contributed by atoms with Crippen LogP contribution in [0, 0.1) is 0 Å². The van der Waals surface area contributed by atoms with Crippen LogP contribution in [0.25, 0.3) is 0 Å². The summed E-state index contributed by atoms with van der Waals surface area (Å²) in [5, 5.41) is 4.37. The van der Waals surface area contributed by atoms with Crippen molar-refractivity contribution in [2.45, 2.75) is 31.2 Å². The van der Waals surface area contributed by atoms with E-state index < -0.39 is 0 Å². The zero-order valence-corrected chi connectivity index (χ0v) is 10.6. The molecule has 3 nitrogen and oxygen atoms in total. The average Bonchev–Trinajstić information content (AvgIpc) is 2.73. The molecule has 1 aromatic heterocycles. The molecule has 1 aromatic rings. The van der Waals surface area contributed by atoms with Crippen LogP contribution in [0.3, 0.4) is 0 Å². The Bertz CT molecular complexity index is 346. The number of nitrogens with zero attached hydrogens (tertiary/aromatic N) is 1. The Labute approximate surface area is 101 Å². The third-order valence-corrected chi connectivity index (χ3v) is 4.16. The monoisotopic (exact) mass is 238 g/mol. The number of aromatic nitrogens is 1. The van der Waals surface area contributed by atoms with Crippen LogP contribution in [0.15, 0.2) is 18.3 Å². The van der Waals surface area contributed by atoms with E-state index in [1.807, 2.05) is 23.9 Å². The maximum atomic E-state index is 5.10. The highest BCUT2D eigenvalue weighted by atomic mass is 32.2. The minimum absolute atomic E-state index is 0.652. The first-order valence-electron chi connectivity index (χ1n) is 5.62. The number of hydrogen-bond donors (Lipinski definition) is 1. The van der Waals surface area contributed by atoms with E-state index in [0.29, 0.717) is 11.9 Å². The molecule has 0 aliphatic carbocycles. The van der Waals surface area contributed by atoms with Gasteiger partial charge < -0.3 is 10.1 Å². The second-order valence-corrected chi connectivity index (χ2v) is 5.64. The molecule has 0 bridgehead atoms. The highest BCUT2D eigenvalue weighted by Gasteiger charge is 2.20. The predicted octanol–water partition coefficient (Wildman–Crippen LogP) is 2.07. The van der Waals surface area contributed by atoms with Crippen molar-refractivity contribution in [2.24, 2.45) is 0 Å². The molecule has 0 radical (unpaired) electrons. The first-order valence-corrected chi connectivity index (χ1v) is 6.66. The van der Waals surface area contributed by atoms with Crippen molar-refractivity contribution in [3.05, 3.63) is 23.9 Å². The summed E-state index contributed by atoms with van der Waals surface area (Å²) in [5.74, 6) is 1.91. The normalized spacial score (nSPS) is 24.6. The van der Waals surface area contributed by atoms with Crippen molar-refractivity contribution in [1.29, 1.82) is 0 Å². The number of ether oxygens (including phenoxy) is 1. The van der Waals surface area contributed by atoms with E-state index in [0.717, 1.165) is 11.8 Å². The molecule has 1 fully saturated rings. The summed E-state index contributed by atoms with van der Waals surface area (Å²) in [7, 11) is 1.65. The SMILES string of the molecule is COc1cc(CNC2CSC(C)C2)ccn1. The van der Waals surface area contributed by atoms with E-state index in [1.54, 1.807) is 13.3 Å². The van der Waals surface area contributed by atoms with Gasteiger partial charge >= 0.3 is 0 Å². The van der Waals surface area contributed by atoms with Crippen molar-refractivity contribution >= 4 is 11.8 Å². The zero-order valence-electron chi connectivity index (χ0n) is 9.77. The number of hydrogen-bond acceptors (Lipinski definition) is 4. The second-order valence-electron chi connectivity index (χ2n) is 4.16. The summed E-state index contributed by atoms with van der Waals surface area (Å²) >= 11 is 2.05. The molecule has 0 aromatic carbocycles. The van der Waals surface area contributed by atoms with E-state index in [-0.39, 0.29) is 0 Å². The van der Waals surface area contributed by atoms with Crippen molar-refractivity contribution in [1.82, 2.24) is 10.3 Å². The Balaban J connectivity index is 1.84. The maximum absolute atomic E-state index is 5.10. The molecule has 1 aliphatic heterocycles. The predicted molar refractivity (Wildman–Crippen MR) is 68.0 cm³/mol. The third-order valence-electron chi connectivity index (χ3n) is 2.80. The van der Waals surface area contributed by atoms with Crippen LogP contribution in [0.2, 0.25) is 0 Å². The standard InChI is InChI=1S/C12H18N2OS/c1-9-5-11(8-16-9)14-7-10-3-4-13-12(6-10)15-2/h3-4,6,9,11,14H,5,7-8H2,1-2H3. The first-order chi connectivity index (χ1) is 7.78. The van der Waals surface area contributed by atoms with Crippen LogP contribution in [0.5, 0.6) is 5.88 Å². The van der Waals surface area contributed by atoms with Gasteiger partial charge in [0.1, 0.15) is 0 Å². The Morgan fingerprint density at radius 2 is 2.50 bits per heavy atom. The molecule has 0 spiro atoms. The summed E-state index contributed by atoms with van der Waals surface area (Å²) in [6.45, 7) is 3.19. The van der Waals surface area contributed by atoms with Gasteiger partial charge in [0.25, 0.3) is 0 Å². The third kappa shape index (κ3) is 3.12. The lowest BCUT2D eigenvalue weighted by Crippen LogP contribution is -2.28. The lowest BCUT2D eigenvalue weighted by atomic mass is 10.2. The largest absolute Gasteiger partial charge is 0.481 e. The molecule has 88 valence electrons. The van der Waals surface area contributed by atoms with Gasteiger partial charge in [-0.05, 0) is 18.1 Å². The minimum Gasteiger partial charge on any atom is -0.481 e.